The minimum atomic E-state index is -1.30. The number of hydrogen-bond donors (Lipinski definition) is 1. The summed E-state index contributed by atoms with van der Waals surface area (Å²) in [5, 5.41) is 19.3. The molecule has 1 N–H and O–H groups in total. The van der Waals surface area contributed by atoms with Gasteiger partial charge in [-0.05, 0) is 62.1 Å². The van der Waals surface area contributed by atoms with Crippen LogP contribution >= 0.6 is 0 Å². The number of benzene rings is 2. The van der Waals surface area contributed by atoms with Crippen molar-refractivity contribution in [2.24, 2.45) is 13.0 Å². The molecule has 15 heteroatoms. The summed E-state index contributed by atoms with van der Waals surface area (Å²) >= 11 is 0. The maximum absolute atomic E-state index is 14.0. The van der Waals surface area contributed by atoms with E-state index in [-0.39, 0.29) is 47.8 Å². The number of nitro benzene ring substituents is 1. The largest absolute Gasteiger partial charge is 0.459 e. The lowest BCUT2D eigenvalue weighted by Crippen LogP contribution is -2.46. The Morgan fingerprint density at radius 1 is 1.16 bits per heavy atom. The van der Waals surface area contributed by atoms with Crippen molar-refractivity contribution >= 4 is 47.7 Å². The third-order valence-corrected chi connectivity index (χ3v) is 10.6. The lowest BCUT2D eigenvalue weighted by Gasteiger charge is -2.38. The number of carbonyl (C=O) groups excluding carboxylic acids is 2. The summed E-state index contributed by atoms with van der Waals surface area (Å²) in [4.78, 5) is 46.2. The van der Waals surface area contributed by atoms with Gasteiger partial charge in [0.05, 0.1) is 27.8 Å². The van der Waals surface area contributed by atoms with Gasteiger partial charge >= 0.3 is 5.97 Å². The smallest absolute Gasteiger partial charge is 0.338 e. The normalized spacial score (nSPS) is 16.8. The summed E-state index contributed by atoms with van der Waals surface area (Å²) in [5.74, 6) is -1.18. The van der Waals surface area contributed by atoms with Crippen LogP contribution in [0, 0.1) is 21.8 Å². The number of amides is 1. The predicted octanol–water partition coefficient (Wildman–Crippen LogP) is 6.10. The highest BCUT2D eigenvalue weighted by Crippen LogP contribution is 2.34. The number of nitro groups is 1. The number of esters is 1. The van der Waals surface area contributed by atoms with Gasteiger partial charge in [0.2, 0.25) is 0 Å². The first-order chi connectivity index (χ1) is 23.3. The molecule has 0 radical (unpaired) electrons. The van der Waals surface area contributed by atoms with Crippen LogP contribution in [0.15, 0.2) is 54.9 Å². The third-order valence-electron chi connectivity index (χ3n) is 8.88. The van der Waals surface area contributed by atoms with Crippen LogP contribution in [-0.4, -0.2) is 67.9 Å². The standard InChI is InChI=1S/C34H38FN7O6Si/c1-20(22-14-25(15-22)48-34(44)21-6-9-24(10-7-21)42(45)46)37-33(43)27-18-41(19-47-12-13-49(3,4)5)32-31(27)38-28(17-36-32)30-26-11-8-23(35)16-29(26)40(2)39-30/h6-11,16-18,20,22,25H,12-15,19H2,1-5H3,(H,37,43). The number of halogens is 1. The van der Waals surface area contributed by atoms with Gasteiger partial charge in [0.25, 0.3) is 11.6 Å². The first-order valence-corrected chi connectivity index (χ1v) is 19.8. The average Bonchev–Trinajstić information content (AvgIpc) is 3.56. The van der Waals surface area contributed by atoms with Gasteiger partial charge in [-0.1, -0.05) is 19.6 Å². The fourth-order valence-electron chi connectivity index (χ4n) is 5.84. The summed E-state index contributed by atoms with van der Waals surface area (Å²) in [5.41, 5.74) is 2.92. The zero-order valence-corrected chi connectivity index (χ0v) is 29.0. The quantitative estimate of drug-likeness (QED) is 0.0538. The minimum Gasteiger partial charge on any atom is -0.459 e. The highest BCUT2D eigenvalue weighted by Gasteiger charge is 2.37. The molecule has 13 nitrogen and oxygen atoms in total. The number of ether oxygens (including phenoxy) is 2. The molecule has 1 fully saturated rings. The van der Waals surface area contributed by atoms with Gasteiger partial charge in [-0.2, -0.15) is 5.10 Å². The van der Waals surface area contributed by atoms with Crippen molar-refractivity contribution < 1.29 is 28.4 Å². The number of nitrogens with one attached hydrogen (secondary N) is 1. The molecule has 1 unspecified atom stereocenters. The number of non-ortho nitro benzene ring substituents is 1. The van der Waals surface area contributed by atoms with Crippen molar-refractivity contribution in [1.82, 2.24) is 29.6 Å². The molecule has 0 spiro atoms. The Morgan fingerprint density at radius 2 is 1.90 bits per heavy atom. The maximum Gasteiger partial charge on any atom is 0.338 e. The van der Waals surface area contributed by atoms with Crippen molar-refractivity contribution in [3.8, 4) is 11.4 Å². The molecule has 0 bridgehead atoms. The van der Waals surface area contributed by atoms with Crippen LogP contribution in [0.4, 0.5) is 10.1 Å². The second-order valence-corrected chi connectivity index (χ2v) is 19.4. The zero-order chi connectivity index (χ0) is 35.0. The summed E-state index contributed by atoms with van der Waals surface area (Å²) < 4.78 is 28.9. The van der Waals surface area contributed by atoms with Gasteiger partial charge in [-0.15, -0.1) is 0 Å². The van der Waals surface area contributed by atoms with Crippen LogP contribution in [0.2, 0.25) is 25.7 Å². The molecule has 256 valence electrons. The van der Waals surface area contributed by atoms with Crippen LogP contribution in [0.25, 0.3) is 33.5 Å². The molecule has 1 saturated carbocycles. The van der Waals surface area contributed by atoms with Crippen LogP contribution in [-0.2, 0) is 23.3 Å². The monoisotopic (exact) mass is 687 g/mol. The van der Waals surface area contributed by atoms with E-state index >= 15 is 0 Å². The Balaban J connectivity index is 1.18. The molecule has 1 aliphatic rings. The zero-order valence-electron chi connectivity index (χ0n) is 28.0. The number of hydrogen-bond acceptors (Lipinski definition) is 9. The Labute approximate surface area is 282 Å². The molecule has 0 saturated heterocycles. The second-order valence-electron chi connectivity index (χ2n) is 13.7. The molecular formula is C34H38FN7O6Si. The van der Waals surface area contributed by atoms with Gasteiger partial charge in [0, 0.05) is 51.5 Å². The van der Waals surface area contributed by atoms with E-state index in [0.29, 0.717) is 58.5 Å². The van der Waals surface area contributed by atoms with Crippen molar-refractivity contribution in [3.63, 3.8) is 0 Å². The summed E-state index contributed by atoms with van der Waals surface area (Å²) in [6.07, 6.45) is 4.10. The lowest BCUT2D eigenvalue weighted by atomic mass is 9.77. The lowest BCUT2D eigenvalue weighted by molar-refractivity contribution is -0.384. The summed E-state index contributed by atoms with van der Waals surface area (Å²) in [6, 6.07) is 10.5. The van der Waals surface area contributed by atoms with E-state index in [1.165, 1.54) is 36.4 Å². The summed E-state index contributed by atoms with van der Waals surface area (Å²) in [7, 11) is 0.425. The van der Waals surface area contributed by atoms with Crippen LogP contribution in [0.5, 0.6) is 0 Å². The number of nitrogens with zero attached hydrogens (tertiary/aromatic N) is 6. The van der Waals surface area contributed by atoms with E-state index in [4.69, 9.17) is 14.5 Å². The SMILES string of the molecule is CC(NC(=O)c1cn(COCC[Si](C)(C)C)c2ncc(-c3nn(C)c4cc(F)ccc34)nc12)C1CC(OC(=O)c2ccc([N+](=O)[O-])cc2)C1. The van der Waals surface area contributed by atoms with Crippen LogP contribution in [0.1, 0.15) is 40.5 Å². The first-order valence-electron chi connectivity index (χ1n) is 16.1. The van der Waals surface area contributed by atoms with Gasteiger partial charge < -0.3 is 19.4 Å². The van der Waals surface area contributed by atoms with Crippen molar-refractivity contribution in [2.75, 3.05) is 6.61 Å². The van der Waals surface area contributed by atoms with E-state index in [9.17, 15) is 24.1 Å². The molecule has 3 aromatic heterocycles. The number of fused-ring (bicyclic) bond motifs is 2. The second kappa shape index (κ2) is 13.5. The Bertz CT molecular complexity index is 2050. The summed E-state index contributed by atoms with van der Waals surface area (Å²) in [6.45, 7) is 9.54. The molecule has 1 amide bonds. The fourth-order valence-corrected chi connectivity index (χ4v) is 6.60. The minimum absolute atomic E-state index is 0.0683. The third kappa shape index (κ3) is 7.37. The predicted molar refractivity (Wildman–Crippen MR) is 183 cm³/mol. The number of aromatic nitrogens is 5. The first kappa shape index (κ1) is 33.9. The van der Waals surface area contributed by atoms with E-state index in [2.05, 4.69) is 35.0 Å². The Hall–Kier alpha value is -5.02. The Kier molecular flexibility index (Phi) is 9.31. The van der Waals surface area contributed by atoms with Gasteiger partial charge in [0.15, 0.2) is 5.65 Å². The molecule has 1 atom stereocenters. The van der Waals surface area contributed by atoms with Crippen LogP contribution < -0.4 is 5.32 Å². The van der Waals surface area contributed by atoms with Crippen molar-refractivity contribution in [2.45, 2.75) is 64.3 Å². The fraction of sp³-hybridized carbons (Fsp3) is 0.382. The Morgan fingerprint density at radius 3 is 2.59 bits per heavy atom. The van der Waals surface area contributed by atoms with Crippen molar-refractivity contribution in [3.05, 3.63) is 81.9 Å². The van der Waals surface area contributed by atoms with Crippen molar-refractivity contribution in [1.29, 1.82) is 0 Å². The molecule has 0 aliphatic heterocycles. The van der Waals surface area contributed by atoms with E-state index in [1.807, 2.05) is 6.92 Å². The molecule has 6 rings (SSSR count). The number of carbonyl (C=O) groups is 2. The topological polar surface area (TPSA) is 156 Å². The molecule has 49 heavy (non-hydrogen) atoms. The number of rotatable bonds is 12. The highest BCUT2D eigenvalue weighted by atomic mass is 28.3. The van der Waals surface area contributed by atoms with Gasteiger partial charge in [0.1, 0.15) is 35.6 Å². The molecular weight excluding hydrogens is 650 g/mol. The van der Waals surface area contributed by atoms with Crippen LogP contribution in [0.3, 0.4) is 0 Å². The van der Waals surface area contributed by atoms with Gasteiger partial charge in [-0.25, -0.2) is 19.2 Å². The van der Waals surface area contributed by atoms with E-state index < -0.39 is 19.0 Å². The maximum atomic E-state index is 14.0. The highest BCUT2D eigenvalue weighted by molar-refractivity contribution is 6.76. The number of aryl methyl sites for hydroxylation is 1. The molecule has 5 aromatic rings. The van der Waals surface area contributed by atoms with Gasteiger partial charge in [-0.3, -0.25) is 19.6 Å². The van der Waals surface area contributed by atoms with E-state index in [0.717, 1.165) is 6.04 Å². The average molecular weight is 688 g/mol. The molecule has 1 aliphatic carbocycles. The molecule has 2 aromatic carbocycles. The van der Waals surface area contributed by atoms with E-state index in [1.54, 1.807) is 34.8 Å². The molecule has 3 heterocycles.